The number of methoxy groups -OCH3 is 1. The molecule has 8 heteroatoms. The van der Waals surface area contributed by atoms with E-state index in [0.717, 1.165) is 12.8 Å². The molecule has 1 aliphatic heterocycles. The molecule has 1 aliphatic rings. The molecular formula is C8H11N5O3. The summed E-state index contributed by atoms with van der Waals surface area (Å²) < 4.78 is 4.40. The fraction of sp³-hybridized carbons (Fsp3) is 0.625. The molecule has 1 aromatic heterocycles. The third-order valence-corrected chi connectivity index (χ3v) is 2.53. The molecule has 1 amide bonds. The largest absolute Gasteiger partial charge is 0.462 e. The van der Waals surface area contributed by atoms with Crippen molar-refractivity contribution in [1.82, 2.24) is 25.5 Å². The molecule has 1 atom stereocenters. The Morgan fingerprint density at radius 2 is 2.38 bits per heavy atom. The van der Waals surface area contributed by atoms with Crippen LogP contribution in [0, 0.1) is 0 Å². The molecule has 2 heterocycles. The van der Waals surface area contributed by atoms with Gasteiger partial charge in [0.25, 0.3) is 0 Å². The number of nitrogens with zero attached hydrogens (tertiary/aromatic N) is 4. The van der Waals surface area contributed by atoms with E-state index >= 15 is 0 Å². The number of esters is 1. The Labute approximate surface area is 91.0 Å². The quantitative estimate of drug-likeness (QED) is 0.487. The van der Waals surface area contributed by atoms with Crippen LogP contribution in [0.3, 0.4) is 0 Å². The first kappa shape index (κ1) is 10.5. The molecule has 0 spiro atoms. The van der Waals surface area contributed by atoms with E-state index in [1.54, 1.807) is 0 Å². The van der Waals surface area contributed by atoms with Crippen LogP contribution in [0.1, 0.15) is 24.7 Å². The number of aromatic amines is 1. The minimum absolute atomic E-state index is 0.287. The van der Waals surface area contributed by atoms with Gasteiger partial charge < -0.3 is 9.64 Å². The molecule has 0 aromatic carbocycles. The minimum atomic E-state index is -0.865. The van der Waals surface area contributed by atoms with E-state index in [-0.39, 0.29) is 6.04 Å². The lowest BCUT2D eigenvalue weighted by atomic mass is 10.2. The molecule has 1 fully saturated rings. The lowest BCUT2D eigenvalue weighted by molar-refractivity contribution is -0.158. The Balaban J connectivity index is 2.15. The number of nitrogens with one attached hydrogen (secondary N) is 1. The van der Waals surface area contributed by atoms with Crippen LogP contribution in [0.4, 0.5) is 0 Å². The number of H-pyrrole nitrogens is 1. The van der Waals surface area contributed by atoms with Crippen LogP contribution in [-0.4, -0.2) is 51.1 Å². The molecule has 2 rings (SSSR count). The molecule has 0 bridgehead atoms. The van der Waals surface area contributed by atoms with E-state index in [2.05, 4.69) is 25.4 Å². The molecule has 86 valence electrons. The molecule has 0 aliphatic carbocycles. The second kappa shape index (κ2) is 4.25. The molecule has 8 nitrogen and oxygen atoms in total. The smallest absolute Gasteiger partial charge is 0.396 e. The van der Waals surface area contributed by atoms with Gasteiger partial charge in [-0.15, -0.1) is 10.2 Å². The highest BCUT2D eigenvalue weighted by atomic mass is 16.5. The lowest BCUT2D eigenvalue weighted by Crippen LogP contribution is -2.37. The van der Waals surface area contributed by atoms with E-state index < -0.39 is 11.9 Å². The van der Waals surface area contributed by atoms with Crippen molar-refractivity contribution in [3.63, 3.8) is 0 Å². The molecule has 1 saturated heterocycles. The van der Waals surface area contributed by atoms with Crippen molar-refractivity contribution >= 4 is 11.9 Å². The van der Waals surface area contributed by atoms with Gasteiger partial charge in [0.2, 0.25) is 0 Å². The van der Waals surface area contributed by atoms with Gasteiger partial charge in [-0.2, -0.15) is 5.21 Å². The van der Waals surface area contributed by atoms with Gasteiger partial charge in [0.05, 0.1) is 13.2 Å². The van der Waals surface area contributed by atoms with Crippen LogP contribution in [0.5, 0.6) is 0 Å². The van der Waals surface area contributed by atoms with Crippen LogP contribution in [-0.2, 0) is 14.3 Å². The van der Waals surface area contributed by atoms with E-state index in [0.29, 0.717) is 12.4 Å². The van der Waals surface area contributed by atoms with E-state index in [9.17, 15) is 9.59 Å². The standard InChI is InChI=1S/C8H11N5O3/c1-16-8(15)7(14)13-4-2-3-5(13)6-9-11-12-10-6/h5H,2-4H2,1H3,(H,9,10,11,12). The average molecular weight is 225 g/mol. The van der Waals surface area contributed by atoms with Crippen LogP contribution in [0.2, 0.25) is 0 Å². The number of tetrazole rings is 1. The Morgan fingerprint density at radius 1 is 1.56 bits per heavy atom. The first-order valence-corrected chi connectivity index (χ1v) is 4.86. The number of ether oxygens (including phenoxy) is 1. The van der Waals surface area contributed by atoms with Gasteiger partial charge in [0, 0.05) is 6.54 Å². The fourth-order valence-electron chi connectivity index (χ4n) is 1.79. The first-order chi connectivity index (χ1) is 7.74. The first-order valence-electron chi connectivity index (χ1n) is 4.86. The highest BCUT2D eigenvalue weighted by molar-refractivity contribution is 6.32. The van der Waals surface area contributed by atoms with Crippen LogP contribution >= 0.6 is 0 Å². The number of amides is 1. The van der Waals surface area contributed by atoms with Crippen molar-refractivity contribution < 1.29 is 14.3 Å². The lowest BCUT2D eigenvalue weighted by Gasteiger charge is -2.20. The summed E-state index contributed by atoms with van der Waals surface area (Å²) >= 11 is 0. The number of carbonyl (C=O) groups excluding carboxylic acids is 2. The van der Waals surface area contributed by atoms with Crippen molar-refractivity contribution in [3.05, 3.63) is 5.82 Å². The van der Waals surface area contributed by atoms with Crippen LogP contribution in [0.15, 0.2) is 0 Å². The van der Waals surface area contributed by atoms with Gasteiger partial charge in [0.1, 0.15) is 0 Å². The molecule has 0 saturated carbocycles. The zero-order valence-electron chi connectivity index (χ0n) is 8.71. The Kier molecular flexibility index (Phi) is 2.80. The Bertz CT molecular complexity index is 390. The SMILES string of the molecule is COC(=O)C(=O)N1CCCC1c1nn[nH]n1. The topological polar surface area (TPSA) is 101 Å². The highest BCUT2D eigenvalue weighted by Gasteiger charge is 2.36. The van der Waals surface area contributed by atoms with E-state index in [1.165, 1.54) is 12.0 Å². The van der Waals surface area contributed by atoms with Crippen molar-refractivity contribution in [2.45, 2.75) is 18.9 Å². The van der Waals surface area contributed by atoms with Crippen molar-refractivity contribution in [3.8, 4) is 0 Å². The zero-order valence-corrected chi connectivity index (χ0v) is 8.71. The van der Waals surface area contributed by atoms with Crippen molar-refractivity contribution in [2.75, 3.05) is 13.7 Å². The molecule has 1 aromatic rings. The molecule has 16 heavy (non-hydrogen) atoms. The van der Waals surface area contributed by atoms with Gasteiger partial charge in [-0.1, -0.05) is 5.21 Å². The third kappa shape index (κ3) is 1.73. The molecule has 0 radical (unpaired) electrons. The maximum absolute atomic E-state index is 11.6. The maximum Gasteiger partial charge on any atom is 0.396 e. The van der Waals surface area contributed by atoms with Gasteiger partial charge in [-0.25, -0.2) is 4.79 Å². The van der Waals surface area contributed by atoms with E-state index in [1.807, 2.05) is 0 Å². The van der Waals surface area contributed by atoms with Gasteiger partial charge in [-0.05, 0) is 12.8 Å². The second-order valence-electron chi connectivity index (χ2n) is 3.42. The molecule has 1 N–H and O–H groups in total. The number of likely N-dealkylation sites (tertiary alicyclic amines) is 1. The minimum Gasteiger partial charge on any atom is -0.462 e. The summed E-state index contributed by atoms with van der Waals surface area (Å²) in [7, 11) is 1.18. The van der Waals surface area contributed by atoms with Gasteiger partial charge in [-0.3, -0.25) is 4.79 Å². The normalized spacial score (nSPS) is 19.8. The Morgan fingerprint density at radius 3 is 3.00 bits per heavy atom. The number of rotatable bonds is 1. The summed E-state index contributed by atoms with van der Waals surface area (Å²) in [5.74, 6) is -1.10. The summed E-state index contributed by atoms with van der Waals surface area (Å²) in [6.45, 7) is 0.507. The predicted octanol–water partition coefficient (Wildman–Crippen LogP) is -0.964. The van der Waals surface area contributed by atoms with Crippen molar-refractivity contribution in [2.24, 2.45) is 0 Å². The number of aromatic nitrogens is 4. The highest BCUT2D eigenvalue weighted by Crippen LogP contribution is 2.29. The summed E-state index contributed by atoms with van der Waals surface area (Å²) in [5.41, 5.74) is 0. The second-order valence-corrected chi connectivity index (χ2v) is 3.42. The van der Waals surface area contributed by atoms with Gasteiger partial charge >= 0.3 is 11.9 Å². The molecule has 1 unspecified atom stereocenters. The monoisotopic (exact) mass is 225 g/mol. The van der Waals surface area contributed by atoms with Crippen LogP contribution < -0.4 is 0 Å². The number of carbonyl (C=O) groups is 2. The third-order valence-electron chi connectivity index (χ3n) is 2.53. The zero-order chi connectivity index (χ0) is 11.5. The summed E-state index contributed by atoms with van der Waals surface area (Å²) in [5, 5.41) is 13.4. The summed E-state index contributed by atoms with van der Waals surface area (Å²) in [6, 6.07) is -0.287. The van der Waals surface area contributed by atoms with E-state index in [4.69, 9.17) is 0 Å². The Hall–Kier alpha value is -1.99. The number of hydrogen-bond acceptors (Lipinski definition) is 6. The van der Waals surface area contributed by atoms with Crippen molar-refractivity contribution in [1.29, 1.82) is 0 Å². The van der Waals surface area contributed by atoms with Crippen LogP contribution in [0.25, 0.3) is 0 Å². The summed E-state index contributed by atoms with van der Waals surface area (Å²) in [6.07, 6.45) is 1.53. The molecular weight excluding hydrogens is 214 g/mol. The average Bonchev–Trinajstić information content (AvgIpc) is 2.95. The summed E-state index contributed by atoms with van der Waals surface area (Å²) in [4.78, 5) is 24.2. The fourth-order valence-corrected chi connectivity index (χ4v) is 1.79. The maximum atomic E-state index is 11.6. The number of hydrogen-bond donors (Lipinski definition) is 1. The predicted molar refractivity (Wildman–Crippen MR) is 49.9 cm³/mol. The van der Waals surface area contributed by atoms with Gasteiger partial charge in [0.15, 0.2) is 5.82 Å².